The van der Waals surface area contributed by atoms with Crippen LogP contribution in [-0.4, -0.2) is 36.2 Å². The second-order valence-electron chi connectivity index (χ2n) is 4.95. The maximum absolute atomic E-state index is 9.60. The smallest absolute Gasteiger partial charge is 0.127 e. The van der Waals surface area contributed by atoms with Gasteiger partial charge in [0.15, 0.2) is 0 Å². The maximum atomic E-state index is 9.60. The molecule has 0 amide bonds. The van der Waals surface area contributed by atoms with Crippen LogP contribution >= 0.6 is 28.3 Å². The monoisotopic (exact) mass is 333 g/mol. The van der Waals surface area contributed by atoms with Gasteiger partial charge in [0.25, 0.3) is 0 Å². The van der Waals surface area contributed by atoms with Crippen molar-refractivity contribution in [1.29, 1.82) is 0 Å². The molecule has 0 spiro atoms. The number of rotatable bonds is 0. The van der Waals surface area contributed by atoms with Crippen LogP contribution in [0.25, 0.3) is 0 Å². The van der Waals surface area contributed by atoms with E-state index < -0.39 is 0 Å². The standard InChI is InChI=1S/C13H16BrNO2.ClH/c1-15-4-2-3-9-11(15)7-17-12-6-8(16)5-10(14)13(9)12;/h5-6,9,11,16H,2-4,7H2,1H3;1H/t9-,11+;/m0./s1. The van der Waals surface area contributed by atoms with Crippen molar-refractivity contribution in [2.75, 3.05) is 20.2 Å². The summed E-state index contributed by atoms with van der Waals surface area (Å²) in [5.41, 5.74) is 1.23. The molecule has 2 aliphatic rings. The quantitative estimate of drug-likeness (QED) is 0.791. The Morgan fingerprint density at radius 3 is 3.00 bits per heavy atom. The SMILES string of the molecule is CN1CCC[C@@H]2c3c(Br)cc(O)cc3OC[C@H]21.Cl. The number of piperidine rings is 1. The number of nitrogens with zero attached hydrogens (tertiary/aromatic N) is 1. The van der Waals surface area contributed by atoms with Gasteiger partial charge in [-0.1, -0.05) is 15.9 Å². The largest absolute Gasteiger partial charge is 0.508 e. The van der Waals surface area contributed by atoms with E-state index in [1.54, 1.807) is 12.1 Å². The summed E-state index contributed by atoms with van der Waals surface area (Å²) < 4.78 is 6.76. The van der Waals surface area contributed by atoms with Crippen molar-refractivity contribution in [3.8, 4) is 11.5 Å². The Bertz CT molecular complexity index is 455. The number of hydrogen-bond acceptors (Lipinski definition) is 3. The van der Waals surface area contributed by atoms with Crippen LogP contribution in [0, 0.1) is 0 Å². The molecule has 2 atom stereocenters. The highest BCUT2D eigenvalue weighted by Gasteiger charge is 2.37. The molecule has 0 bridgehead atoms. The van der Waals surface area contributed by atoms with Gasteiger partial charge in [-0.05, 0) is 32.5 Å². The van der Waals surface area contributed by atoms with Gasteiger partial charge in [-0.15, -0.1) is 12.4 Å². The summed E-state index contributed by atoms with van der Waals surface area (Å²) in [6, 6.07) is 3.96. The second-order valence-corrected chi connectivity index (χ2v) is 5.80. The molecule has 1 fully saturated rings. The second kappa shape index (κ2) is 5.27. The summed E-state index contributed by atoms with van der Waals surface area (Å²) >= 11 is 3.56. The van der Waals surface area contributed by atoms with E-state index in [9.17, 15) is 5.11 Å². The van der Waals surface area contributed by atoms with Gasteiger partial charge in [0, 0.05) is 22.0 Å². The number of fused-ring (bicyclic) bond motifs is 3. The fraction of sp³-hybridized carbons (Fsp3) is 0.538. The van der Waals surface area contributed by atoms with Crippen LogP contribution in [0.5, 0.6) is 11.5 Å². The number of halogens is 2. The van der Waals surface area contributed by atoms with E-state index in [0.29, 0.717) is 12.0 Å². The number of benzene rings is 1. The molecule has 3 rings (SSSR count). The van der Waals surface area contributed by atoms with Gasteiger partial charge in [0.2, 0.25) is 0 Å². The molecule has 100 valence electrons. The first-order valence-electron chi connectivity index (χ1n) is 6.02. The van der Waals surface area contributed by atoms with Gasteiger partial charge in [-0.2, -0.15) is 0 Å². The highest BCUT2D eigenvalue weighted by molar-refractivity contribution is 9.10. The number of phenolic OH excluding ortho intramolecular Hbond substituents is 1. The molecule has 1 aromatic carbocycles. The van der Waals surface area contributed by atoms with E-state index in [2.05, 4.69) is 27.9 Å². The van der Waals surface area contributed by atoms with Crippen LogP contribution in [-0.2, 0) is 0 Å². The predicted octanol–water partition coefficient (Wildman–Crippen LogP) is 3.15. The first-order valence-corrected chi connectivity index (χ1v) is 6.81. The van der Waals surface area contributed by atoms with Gasteiger partial charge < -0.3 is 9.84 Å². The lowest BCUT2D eigenvalue weighted by atomic mass is 9.82. The van der Waals surface area contributed by atoms with Crippen molar-refractivity contribution in [2.24, 2.45) is 0 Å². The van der Waals surface area contributed by atoms with Crippen LogP contribution in [0.15, 0.2) is 16.6 Å². The van der Waals surface area contributed by atoms with Gasteiger partial charge in [0.1, 0.15) is 18.1 Å². The molecule has 3 nitrogen and oxygen atoms in total. The third-order valence-electron chi connectivity index (χ3n) is 3.91. The fourth-order valence-corrected chi connectivity index (χ4v) is 3.76. The highest BCUT2D eigenvalue weighted by atomic mass is 79.9. The lowest BCUT2D eigenvalue weighted by molar-refractivity contribution is 0.0863. The number of ether oxygens (including phenoxy) is 1. The minimum absolute atomic E-state index is 0. The summed E-state index contributed by atoms with van der Waals surface area (Å²) in [5.74, 6) is 1.62. The van der Waals surface area contributed by atoms with Crippen LogP contribution in [0.4, 0.5) is 0 Å². The average molecular weight is 335 g/mol. The van der Waals surface area contributed by atoms with Crippen molar-refractivity contribution in [3.05, 3.63) is 22.2 Å². The van der Waals surface area contributed by atoms with Crippen molar-refractivity contribution < 1.29 is 9.84 Å². The molecular weight excluding hydrogens is 318 g/mol. The Hall–Kier alpha value is -0.450. The fourth-order valence-electron chi connectivity index (χ4n) is 3.04. The summed E-state index contributed by atoms with van der Waals surface area (Å²) in [6.07, 6.45) is 2.43. The maximum Gasteiger partial charge on any atom is 0.127 e. The van der Waals surface area contributed by atoms with Gasteiger partial charge in [-0.25, -0.2) is 0 Å². The lowest BCUT2D eigenvalue weighted by Gasteiger charge is -2.43. The number of likely N-dealkylation sites (tertiary alicyclic amines) is 1. The van der Waals surface area contributed by atoms with Crippen LogP contribution in [0.2, 0.25) is 0 Å². The van der Waals surface area contributed by atoms with Crippen LogP contribution in [0.3, 0.4) is 0 Å². The minimum atomic E-state index is 0. The average Bonchev–Trinajstić information content (AvgIpc) is 2.28. The summed E-state index contributed by atoms with van der Waals surface area (Å²) in [7, 11) is 2.17. The van der Waals surface area contributed by atoms with E-state index in [1.165, 1.54) is 18.4 Å². The minimum Gasteiger partial charge on any atom is -0.508 e. The van der Waals surface area contributed by atoms with Crippen LogP contribution in [0.1, 0.15) is 24.3 Å². The van der Waals surface area contributed by atoms with E-state index in [1.807, 2.05) is 0 Å². The molecule has 0 unspecified atom stereocenters. The number of likely N-dealkylation sites (N-methyl/N-ethyl adjacent to an activating group) is 1. The Balaban J connectivity index is 0.00000120. The van der Waals surface area contributed by atoms with Gasteiger partial charge in [-0.3, -0.25) is 4.90 Å². The lowest BCUT2D eigenvalue weighted by Crippen LogP contribution is -2.47. The topological polar surface area (TPSA) is 32.7 Å². The summed E-state index contributed by atoms with van der Waals surface area (Å²) in [5, 5.41) is 9.60. The Labute approximate surface area is 122 Å². The van der Waals surface area contributed by atoms with Crippen molar-refractivity contribution in [1.82, 2.24) is 4.90 Å². The summed E-state index contributed by atoms with van der Waals surface area (Å²) in [4.78, 5) is 2.39. The molecule has 2 heterocycles. The molecule has 5 heteroatoms. The Morgan fingerprint density at radius 1 is 1.44 bits per heavy atom. The molecule has 1 N–H and O–H groups in total. The molecular formula is C13H17BrClNO2. The first kappa shape index (κ1) is 14.0. The van der Waals surface area contributed by atoms with Gasteiger partial charge >= 0.3 is 0 Å². The first-order chi connectivity index (χ1) is 8.16. The zero-order chi connectivity index (χ0) is 12.0. The normalized spacial score (nSPS) is 26.6. The van der Waals surface area contributed by atoms with Crippen molar-refractivity contribution in [2.45, 2.75) is 24.8 Å². The Morgan fingerprint density at radius 2 is 2.22 bits per heavy atom. The molecule has 1 aromatic rings. The van der Waals surface area contributed by atoms with Crippen LogP contribution < -0.4 is 4.74 Å². The number of aromatic hydroxyl groups is 1. The summed E-state index contributed by atoms with van der Waals surface area (Å²) in [6.45, 7) is 1.87. The molecule has 18 heavy (non-hydrogen) atoms. The third-order valence-corrected chi connectivity index (χ3v) is 4.57. The van der Waals surface area contributed by atoms with E-state index in [0.717, 1.165) is 23.4 Å². The van der Waals surface area contributed by atoms with E-state index in [4.69, 9.17) is 4.74 Å². The van der Waals surface area contributed by atoms with Crippen molar-refractivity contribution >= 4 is 28.3 Å². The molecule has 0 radical (unpaired) electrons. The molecule has 0 saturated carbocycles. The highest BCUT2D eigenvalue weighted by Crippen LogP contribution is 2.45. The van der Waals surface area contributed by atoms with Crippen molar-refractivity contribution in [3.63, 3.8) is 0 Å². The number of hydrogen-bond donors (Lipinski definition) is 1. The van der Waals surface area contributed by atoms with Gasteiger partial charge in [0.05, 0.1) is 6.04 Å². The molecule has 0 aliphatic carbocycles. The van der Waals surface area contributed by atoms with E-state index >= 15 is 0 Å². The Kier molecular flexibility index (Phi) is 4.09. The third kappa shape index (κ3) is 2.22. The zero-order valence-electron chi connectivity index (χ0n) is 10.2. The number of phenols is 1. The molecule has 0 aromatic heterocycles. The molecule has 1 saturated heterocycles. The molecule has 2 aliphatic heterocycles. The zero-order valence-corrected chi connectivity index (χ0v) is 12.6. The van der Waals surface area contributed by atoms with E-state index in [-0.39, 0.29) is 18.2 Å². The predicted molar refractivity (Wildman–Crippen MR) is 76.9 cm³/mol.